The summed E-state index contributed by atoms with van der Waals surface area (Å²) in [7, 11) is -1.54. The van der Waals surface area contributed by atoms with E-state index in [0.29, 0.717) is 11.4 Å². The normalized spacial score (nSPS) is 13.3. The van der Waals surface area contributed by atoms with Crippen LogP contribution in [0.5, 0.6) is 0 Å². The van der Waals surface area contributed by atoms with Crippen molar-refractivity contribution in [2.24, 2.45) is 0 Å². The smallest absolute Gasteiger partial charge is 0.240 e. The van der Waals surface area contributed by atoms with Gasteiger partial charge >= 0.3 is 0 Å². The highest BCUT2D eigenvalue weighted by Crippen LogP contribution is 2.17. The molecule has 1 unspecified atom stereocenters. The molecule has 0 saturated carbocycles. The molecule has 0 fully saturated rings. The van der Waals surface area contributed by atoms with Gasteiger partial charge in [0.25, 0.3) is 0 Å². The summed E-state index contributed by atoms with van der Waals surface area (Å²) in [6, 6.07) is 7.23. The first-order chi connectivity index (χ1) is 10.0. The number of sulfonamides is 1. The van der Waals surface area contributed by atoms with E-state index >= 15 is 0 Å². The van der Waals surface area contributed by atoms with E-state index in [1.54, 1.807) is 18.2 Å². The molecule has 21 heavy (non-hydrogen) atoms. The zero-order chi connectivity index (χ0) is 15.7. The van der Waals surface area contributed by atoms with Crippen molar-refractivity contribution in [3.8, 4) is 0 Å². The second-order valence-electron chi connectivity index (χ2n) is 5.03. The Morgan fingerprint density at radius 1 is 1.24 bits per heavy atom. The van der Waals surface area contributed by atoms with Crippen LogP contribution in [0.3, 0.4) is 0 Å². The van der Waals surface area contributed by atoms with Crippen molar-refractivity contribution in [3.63, 3.8) is 0 Å². The highest BCUT2D eigenvalue weighted by Gasteiger charge is 2.14. The number of rotatable bonds is 10. The van der Waals surface area contributed by atoms with Crippen LogP contribution in [-0.4, -0.2) is 34.0 Å². The summed E-state index contributed by atoms with van der Waals surface area (Å²) >= 11 is 1.82. The summed E-state index contributed by atoms with van der Waals surface area (Å²) in [5, 5.41) is 3.11. The summed E-state index contributed by atoms with van der Waals surface area (Å²) in [6.45, 7) is 2.51. The maximum absolute atomic E-state index is 12.2. The van der Waals surface area contributed by atoms with Gasteiger partial charge in [-0.25, -0.2) is 13.1 Å². The molecular weight excluding hydrogens is 304 g/mol. The highest BCUT2D eigenvalue weighted by molar-refractivity contribution is 7.98. The Labute approximate surface area is 133 Å². The van der Waals surface area contributed by atoms with Crippen molar-refractivity contribution < 1.29 is 8.42 Å². The lowest BCUT2D eigenvalue weighted by atomic mass is 10.1. The van der Waals surface area contributed by atoms with E-state index < -0.39 is 10.0 Å². The van der Waals surface area contributed by atoms with Crippen LogP contribution in [0.25, 0.3) is 0 Å². The van der Waals surface area contributed by atoms with Crippen LogP contribution < -0.4 is 10.0 Å². The Bertz CT molecular complexity index is 518. The molecule has 0 heterocycles. The zero-order valence-corrected chi connectivity index (χ0v) is 14.7. The van der Waals surface area contributed by atoms with Gasteiger partial charge in [0.05, 0.1) is 4.90 Å². The molecule has 0 aliphatic carbocycles. The summed E-state index contributed by atoms with van der Waals surface area (Å²) in [4.78, 5) is 0.339. The van der Waals surface area contributed by atoms with E-state index in [4.69, 9.17) is 0 Å². The SMILES string of the molecule is CNC(C)c1cccc(S(=O)(=O)NCCCCCSC)c1. The Morgan fingerprint density at radius 3 is 2.67 bits per heavy atom. The second kappa shape index (κ2) is 9.46. The molecule has 0 aromatic heterocycles. The Kier molecular flexibility index (Phi) is 8.33. The molecule has 0 spiro atoms. The van der Waals surface area contributed by atoms with E-state index in [2.05, 4.69) is 16.3 Å². The van der Waals surface area contributed by atoms with Crippen LogP contribution in [-0.2, 0) is 10.0 Å². The first-order valence-corrected chi connectivity index (χ1v) is 10.1. The number of hydrogen-bond donors (Lipinski definition) is 2. The quantitative estimate of drug-likeness (QED) is 0.648. The van der Waals surface area contributed by atoms with Crippen molar-refractivity contribution >= 4 is 21.8 Å². The van der Waals surface area contributed by atoms with Gasteiger partial charge in [-0.05, 0) is 56.5 Å². The average Bonchev–Trinajstić information content (AvgIpc) is 2.50. The molecule has 1 aromatic rings. The molecule has 4 nitrogen and oxygen atoms in total. The molecule has 2 N–H and O–H groups in total. The lowest BCUT2D eigenvalue weighted by molar-refractivity contribution is 0.575. The lowest BCUT2D eigenvalue weighted by Gasteiger charge is -2.12. The Hall–Kier alpha value is -0.560. The number of thioether (sulfide) groups is 1. The number of benzene rings is 1. The molecule has 6 heteroatoms. The molecule has 0 aliphatic heterocycles. The highest BCUT2D eigenvalue weighted by atomic mass is 32.2. The third-order valence-electron chi connectivity index (χ3n) is 3.42. The maximum Gasteiger partial charge on any atom is 0.240 e. The monoisotopic (exact) mass is 330 g/mol. The average molecular weight is 331 g/mol. The van der Waals surface area contributed by atoms with E-state index in [0.717, 1.165) is 30.6 Å². The summed E-state index contributed by atoms with van der Waals surface area (Å²) < 4.78 is 27.2. The molecule has 0 bridgehead atoms. The van der Waals surface area contributed by atoms with Crippen LogP contribution in [0.1, 0.15) is 37.8 Å². The fourth-order valence-corrected chi connectivity index (χ4v) is 3.58. The molecule has 120 valence electrons. The minimum atomic E-state index is -3.40. The van der Waals surface area contributed by atoms with Crippen LogP contribution in [0.4, 0.5) is 0 Å². The third-order valence-corrected chi connectivity index (χ3v) is 5.57. The molecule has 0 saturated heterocycles. The van der Waals surface area contributed by atoms with Gasteiger partial charge < -0.3 is 5.32 Å². The van der Waals surface area contributed by atoms with Crippen LogP contribution in [0.2, 0.25) is 0 Å². The summed E-state index contributed by atoms with van der Waals surface area (Å²) in [6.07, 6.45) is 5.16. The van der Waals surface area contributed by atoms with Gasteiger partial charge in [-0.15, -0.1) is 0 Å². The summed E-state index contributed by atoms with van der Waals surface area (Å²) in [5.41, 5.74) is 0.973. The minimum Gasteiger partial charge on any atom is -0.313 e. The fourth-order valence-electron chi connectivity index (χ4n) is 1.96. The van der Waals surface area contributed by atoms with Crippen molar-refractivity contribution in [1.82, 2.24) is 10.0 Å². The van der Waals surface area contributed by atoms with Gasteiger partial charge in [0, 0.05) is 12.6 Å². The summed E-state index contributed by atoms with van der Waals surface area (Å²) in [5.74, 6) is 1.14. The Morgan fingerprint density at radius 2 is 2.00 bits per heavy atom. The predicted molar refractivity (Wildman–Crippen MR) is 91.3 cm³/mol. The maximum atomic E-state index is 12.2. The van der Waals surface area contributed by atoms with E-state index in [1.165, 1.54) is 0 Å². The van der Waals surface area contributed by atoms with Gasteiger partial charge in [0.2, 0.25) is 10.0 Å². The van der Waals surface area contributed by atoms with Gasteiger partial charge in [0.1, 0.15) is 0 Å². The topological polar surface area (TPSA) is 58.2 Å². The molecule has 1 aromatic carbocycles. The largest absolute Gasteiger partial charge is 0.313 e. The second-order valence-corrected chi connectivity index (χ2v) is 7.79. The molecule has 0 aliphatic rings. The van der Waals surface area contributed by atoms with E-state index in [-0.39, 0.29) is 6.04 Å². The molecule has 0 radical (unpaired) electrons. The van der Waals surface area contributed by atoms with Crippen LogP contribution >= 0.6 is 11.8 Å². The molecular formula is C15H26N2O2S2. The van der Waals surface area contributed by atoms with Crippen molar-refractivity contribution in [1.29, 1.82) is 0 Å². The van der Waals surface area contributed by atoms with Gasteiger partial charge in [-0.3, -0.25) is 0 Å². The van der Waals surface area contributed by atoms with Gasteiger partial charge in [-0.2, -0.15) is 11.8 Å². The minimum absolute atomic E-state index is 0.131. The predicted octanol–water partition coefficient (Wildman–Crippen LogP) is 2.78. The number of hydrogen-bond acceptors (Lipinski definition) is 4. The molecule has 1 rings (SSSR count). The fraction of sp³-hybridized carbons (Fsp3) is 0.600. The standard InChI is InChI=1S/C15H26N2O2S2/c1-13(16-2)14-8-7-9-15(12-14)21(18,19)17-10-5-4-6-11-20-3/h7-9,12-13,16-17H,4-6,10-11H2,1-3H3. The van der Waals surface area contributed by atoms with Crippen molar-refractivity contribution in [2.75, 3.05) is 25.6 Å². The zero-order valence-electron chi connectivity index (χ0n) is 13.1. The van der Waals surface area contributed by atoms with Gasteiger partial charge in [0.15, 0.2) is 0 Å². The number of unbranched alkanes of at least 4 members (excludes halogenated alkanes) is 2. The van der Waals surface area contributed by atoms with Crippen molar-refractivity contribution in [3.05, 3.63) is 29.8 Å². The molecule has 0 amide bonds. The van der Waals surface area contributed by atoms with Gasteiger partial charge in [-0.1, -0.05) is 18.6 Å². The first-order valence-electron chi connectivity index (χ1n) is 7.27. The van der Waals surface area contributed by atoms with Crippen LogP contribution in [0.15, 0.2) is 29.2 Å². The first kappa shape index (κ1) is 18.5. The van der Waals surface area contributed by atoms with E-state index in [1.807, 2.05) is 31.8 Å². The van der Waals surface area contributed by atoms with Crippen LogP contribution in [0, 0.1) is 0 Å². The Balaban J connectivity index is 2.58. The van der Waals surface area contributed by atoms with Crippen molar-refractivity contribution in [2.45, 2.75) is 37.1 Å². The number of nitrogens with one attached hydrogen (secondary N) is 2. The molecule has 1 atom stereocenters. The van der Waals surface area contributed by atoms with E-state index in [9.17, 15) is 8.42 Å². The third kappa shape index (κ3) is 6.38. The lowest BCUT2D eigenvalue weighted by Crippen LogP contribution is -2.25.